The number of nitrogens with zero attached hydrogens (tertiary/aromatic N) is 1. The lowest BCUT2D eigenvalue weighted by atomic mass is 10.0. The monoisotopic (exact) mass is 314 g/mol. The van der Waals surface area contributed by atoms with Gasteiger partial charge in [0.2, 0.25) is 15.9 Å². The zero-order valence-corrected chi connectivity index (χ0v) is 12.7. The van der Waals surface area contributed by atoms with Crippen molar-refractivity contribution in [1.29, 1.82) is 0 Å². The molecule has 7 heteroatoms. The van der Waals surface area contributed by atoms with Gasteiger partial charge >= 0.3 is 0 Å². The molecule has 2 rings (SSSR count). The van der Waals surface area contributed by atoms with E-state index < -0.39 is 21.9 Å². The van der Waals surface area contributed by atoms with Gasteiger partial charge < -0.3 is 4.90 Å². The van der Waals surface area contributed by atoms with Crippen molar-refractivity contribution in [2.45, 2.75) is 25.3 Å². The molecule has 21 heavy (non-hydrogen) atoms. The Morgan fingerprint density at radius 2 is 1.86 bits per heavy atom. The number of rotatable bonds is 5. The first-order valence-corrected chi connectivity index (χ1v) is 8.75. The molecule has 5 nitrogen and oxygen atoms in total. The lowest BCUT2D eigenvalue weighted by Gasteiger charge is -2.21. The van der Waals surface area contributed by atoms with Gasteiger partial charge in [0, 0.05) is 19.5 Å². The molecule has 0 aromatic heterocycles. The molecule has 1 unspecified atom stereocenters. The van der Waals surface area contributed by atoms with Crippen molar-refractivity contribution in [3.8, 4) is 0 Å². The van der Waals surface area contributed by atoms with Crippen LogP contribution in [0.4, 0.5) is 4.39 Å². The van der Waals surface area contributed by atoms with Gasteiger partial charge in [-0.05, 0) is 30.5 Å². The predicted molar refractivity (Wildman–Crippen MR) is 77.6 cm³/mol. The molecule has 1 aliphatic heterocycles. The smallest absolute Gasteiger partial charge is 0.224 e. The van der Waals surface area contributed by atoms with E-state index in [9.17, 15) is 17.6 Å². The average molecular weight is 314 g/mol. The van der Waals surface area contributed by atoms with Gasteiger partial charge in [-0.3, -0.25) is 4.79 Å². The number of carbonyl (C=O) groups is 1. The van der Waals surface area contributed by atoms with Gasteiger partial charge in [0.15, 0.2) is 0 Å². The van der Waals surface area contributed by atoms with Crippen molar-refractivity contribution in [2.24, 2.45) is 0 Å². The number of hydrogen-bond acceptors (Lipinski definition) is 3. The van der Waals surface area contributed by atoms with Crippen LogP contribution in [0.15, 0.2) is 24.3 Å². The van der Waals surface area contributed by atoms with Crippen LogP contribution in [0.5, 0.6) is 0 Å². The molecule has 1 amide bonds. The summed E-state index contributed by atoms with van der Waals surface area (Å²) in [6.45, 7) is 1.43. The Kier molecular flexibility index (Phi) is 4.95. The van der Waals surface area contributed by atoms with E-state index in [1.807, 2.05) is 0 Å². The standard InChI is InChI=1S/C14H19FN2O3S/c1-21(19,20)16-13(11-4-6-12(15)7-5-11)10-14(18)17-8-2-3-9-17/h4-7,13,16H,2-3,8-10H2,1H3. The van der Waals surface area contributed by atoms with Crippen molar-refractivity contribution in [1.82, 2.24) is 9.62 Å². The van der Waals surface area contributed by atoms with Crippen LogP contribution >= 0.6 is 0 Å². The molecule has 1 aromatic rings. The second-order valence-electron chi connectivity index (χ2n) is 5.29. The number of benzene rings is 1. The maximum absolute atomic E-state index is 13.0. The first-order chi connectivity index (χ1) is 9.85. The van der Waals surface area contributed by atoms with Gasteiger partial charge in [0.1, 0.15) is 5.82 Å². The number of likely N-dealkylation sites (tertiary alicyclic amines) is 1. The van der Waals surface area contributed by atoms with E-state index in [0.717, 1.165) is 19.1 Å². The van der Waals surface area contributed by atoms with Crippen LogP contribution in [0.1, 0.15) is 30.9 Å². The molecule has 0 spiro atoms. The van der Waals surface area contributed by atoms with Crippen LogP contribution in [0, 0.1) is 5.82 Å². The Morgan fingerprint density at radius 1 is 1.29 bits per heavy atom. The van der Waals surface area contributed by atoms with Gasteiger partial charge in [-0.2, -0.15) is 0 Å². The molecule has 0 radical (unpaired) electrons. The molecule has 1 heterocycles. The number of nitrogens with one attached hydrogen (secondary N) is 1. The van der Waals surface area contributed by atoms with Crippen molar-refractivity contribution < 1.29 is 17.6 Å². The minimum atomic E-state index is -3.47. The number of hydrogen-bond donors (Lipinski definition) is 1. The van der Waals surface area contributed by atoms with E-state index in [0.29, 0.717) is 18.7 Å². The highest BCUT2D eigenvalue weighted by Crippen LogP contribution is 2.21. The minimum absolute atomic E-state index is 0.0404. The van der Waals surface area contributed by atoms with Crippen LogP contribution < -0.4 is 4.72 Å². The van der Waals surface area contributed by atoms with E-state index in [1.54, 1.807) is 4.90 Å². The van der Waals surface area contributed by atoms with Crippen molar-refractivity contribution in [2.75, 3.05) is 19.3 Å². The summed E-state index contributed by atoms with van der Waals surface area (Å²) in [5.74, 6) is -0.485. The maximum Gasteiger partial charge on any atom is 0.224 e. The van der Waals surface area contributed by atoms with Gasteiger partial charge in [-0.15, -0.1) is 0 Å². The third-order valence-electron chi connectivity index (χ3n) is 3.47. The van der Waals surface area contributed by atoms with Crippen LogP contribution in [0.2, 0.25) is 0 Å². The number of halogens is 1. The summed E-state index contributed by atoms with van der Waals surface area (Å²) in [7, 11) is -3.47. The summed E-state index contributed by atoms with van der Waals surface area (Å²) in [6, 6.07) is 4.83. The molecule has 0 saturated carbocycles. The topological polar surface area (TPSA) is 66.5 Å². The van der Waals surface area contributed by atoms with Crippen molar-refractivity contribution >= 4 is 15.9 Å². The largest absolute Gasteiger partial charge is 0.343 e. The second-order valence-corrected chi connectivity index (χ2v) is 7.07. The first kappa shape index (κ1) is 15.9. The summed E-state index contributed by atoms with van der Waals surface area (Å²) in [5, 5.41) is 0. The third-order valence-corrected chi connectivity index (χ3v) is 4.18. The number of amides is 1. The lowest BCUT2D eigenvalue weighted by molar-refractivity contribution is -0.130. The normalized spacial score (nSPS) is 17.0. The van der Waals surface area contributed by atoms with E-state index in [-0.39, 0.29) is 12.3 Å². The van der Waals surface area contributed by atoms with Gasteiger partial charge in [0.05, 0.1) is 12.3 Å². The third kappa shape index (κ3) is 4.78. The van der Waals surface area contributed by atoms with Gasteiger partial charge in [-0.25, -0.2) is 17.5 Å². The minimum Gasteiger partial charge on any atom is -0.343 e. The van der Waals surface area contributed by atoms with E-state index in [4.69, 9.17) is 0 Å². The number of sulfonamides is 1. The summed E-state index contributed by atoms with van der Waals surface area (Å²) >= 11 is 0. The maximum atomic E-state index is 13.0. The van der Waals surface area contributed by atoms with E-state index in [2.05, 4.69) is 4.72 Å². The zero-order chi connectivity index (χ0) is 15.5. The van der Waals surface area contributed by atoms with Gasteiger partial charge in [-0.1, -0.05) is 12.1 Å². The second kappa shape index (κ2) is 6.53. The van der Waals surface area contributed by atoms with E-state index >= 15 is 0 Å². The molecule has 1 N–H and O–H groups in total. The summed E-state index contributed by atoms with van der Waals surface area (Å²) in [6.07, 6.45) is 3.04. The molecule has 1 aromatic carbocycles. The lowest BCUT2D eigenvalue weighted by Crippen LogP contribution is -2.34. The van der Waals surface area contributed by atoms with Crippen LogP contribution in [0.25, 0.3) is 0 Å². The molecule has 0 aliphatic carbocycles. The van der Waals surface area contributed by atoms with Crippen LogP contribution in [-0.4, -0.2) is 38.6 Å². The highest BCUT2D eigenvalue weighted by molar-refractivity contribution is 7.88. The summed E-state index contributed by atoms with van der Waals surface area (Å²) < 4.78 is 38.4. The Balaban J connectivity index is 2.15. The predicted octanol–water partition coefficient (Wildman–Crippen LogP) is 1.43. The van der Waals surface area contributed by atoms with Gasteiger partial charge in [0.25, 0.3) is 0 Å². The molecule has 1 aliphatic rings. The molecule has 116 valence electrons. The highest BCUT2D eigenvalue weighted by Gasteiger charge is 2.24. The summed E-state index contributed by atoms with van der Waals surface area (Å²) in [4.78, 5) is 13.9. The molecule has 1 saturated heterocycles. The Morgan fingerprint density at radius 3 is 2.38 bits per heavy atom. The highest BCUT2D eigenvalue weighted by atomic mass is 32.2. The Bertz CT molecular complexity index is 595. The number of carbonyl (C=O) groups excluding carboxylic acids is 1. The molecule has 1 atom stereocenters. The molecule has 0 bridgehead atoms. The first-order valence-electron chi connectivity index (χ1n) is 6.86. The molecular weight excluding hydrogens is 295 g/mol. The Labute approximate surface area is 124 Å². The van der Waals surface area contributed by atoms with Crippen LogP contribution in [0.3, 0.4) is 0 Å². The van der Waals surface area contributed by atoms with E-state index in [1.165, 1.54) is 24.3 Å². The zero-order valence-electron chi connectivity index (χ0n) is 11.9. The van der Waals surface area contributed by atoms with Crippen molar-refractivity contribution in [3.05, 3.63) is 35.6 Å². The molecular formula is C14H19FN2O3S. The fourth-order valence-corrected chi connectivity index (χ4v) is 3.19. The summed E-state index contributed by atoms with van der Waals surface area (Å²) in [5.41, 5.74) is 0.578. The van der Waals surface area contributed by atoms with Crippen LogP contribution in [-0.2, 0) is 14.8 Å². The fraction of sp³-hybridized carbons (Fsp3) is 0.500. The Hall–Kier alpha value is -1.47. The quantitative estimate of drug-likeness (QED) is 0.894. The average Bonchev–Trinajstić information content (AvgIpc) is 2.91. The van der Waals surface area contributed by atoms with Crippen molar-refractivity contribution in [3.63, 3.8) is 0 Å². The SMILES string of the molecule is CS(=O)(=O)NC(CC(=O)N1CCCC1)c1ccc(F)cc1. The molecule has 1 fully saturated rings. The fourth-order valence-electron chi connectivity index (χ4n) is 2.45.